The third kappa shape index (κ3) is 2.40. The number of amides is 1. The Labute approximate surface area is 164 Å². The number of aromatic nitrogens is 2. The van der Waals surface area contributed by atoms with Crippen LogP contribution in [0.2, 0.25) is 0 Å². The van der Waals surface area contributed by atoms with Gasteiger partial charge in [0.2, 0.25) is 5.76 Å². The lowest BCUT2D eigenvalue weighted by molar-refractivity contribution is 0.0971. The monoisotopic (exact) mass is 389 g/mol. The molecule has 0 bridgehead atoms. The highest BCUT2D eigenvalue weighted by molar-refractivity contribution is 7.13. The molecule has 7 heteroatoms. The van der Waals surface area contributed by atoms with Crippen LogP contribution in [0.4, 0.5) is 5.13 Å². The topological polar surface area (TPSA) is 76.3 Å². The molecule has 0 aliphatic carbocycles. The van der Waals surface area contributed by atoms with Crippen molar-refractivity contribution in [3.05, 3.63) is 87.0 Å². The summed E-state index contributed by atoms with van der Waals surface area (Å²) in [4.78, 5) is 36.6. The molecule has 0 N–H and O–H groups in total. The summed E-state index contributed by atoms with van der Waals surface area (Å²) in [5.74, 6) is -0.274. The minimum Gasteiger partial charge on any atom is -0.450 e. The first kappa shape index (κ1) is 16.8. The van der Waals surface area contributed by atoms with Crippen LogP contribution in [0.5, 0.6) is 0 Å². The summed E-state index contributed by atoms with van der Waals surface area (Å²) in [6.07, 6.45) is 5.74. The number of carbonyl (C=O) groups is 1. The standard InChI is InChI=1S/C21H15N3O3S/c1-2-12-3-4-15-14(11-12)18(25)16-17(13-5-7-22-8-6-13)24(20(26)19(16)27-15)21-23-9-10-28-21/h3-11,17H,2H2,1H3. The van der Waals surface area contributed by atoms with Crippen LogP contribution in [-0.2, 0) is 6.42 Å². The van der Waals surface area contributed by atoms with E-state index in [1.165, 1.54) is 16.2 Å². The van der Waals surface area contributed by atoms with Crippen molar-refractivity contribution < 1.29 is 9.21 Å². The molecule has 3 aromatic heterocycles. The predicted molar refractivity (Wildman–Crippen MR) is 107 cm³/mol. The summed E-state index contributed by atoms with van der Waals surface area (Å²) >= 11 is 1.34. The third-order valence-corrected chi connectivity index (χ3v) is 5.76. The van der Waals surface area contributed by atoms with Crippen molar-refractivity contribution in [2.75, 3.05) is 4.90 Å². The number of aryl methyl sites for hydroxylation is 1. The molecule has 0 saturated carbocycles. The van der Waals surface area contributed by atoms with Crippen molar-refractivity contribution in [3.8, 4) is 0 Å². The van der Waals surface area contributed by atoms with Crippen LogP contribution in [-0.4, -0.2) is 15.9 Å². The van der Waals surface area contributed by atoms with Gasteiger partial charge < -0.3 is 4.42 Å². The van der Waals surface area contributed by atoms with Crippen molar-refractivity contribution in [1.82, 2.24) is 9.97 Å². The maximum absolute atomic E-state index is 13.5. The molecule has 0 fully saturated rings. The van der Waals surface area contributed by atoms with Gasteiger partial charge in [-0.05, 0) is 41.8 Å². The molecule has 1 atom stereocenters. The van der Waals surface area contributed by atoms with Crippen LogP contribution in [0.15, 0.2) is 63.5 Å². The Morgan fingerprint density at radius 2 is 1.96 bits per heavy atom. The highest BCUT2D eigenvalue weighted by Crippen LogP contribution is 2.41. The number of carbonyl (C=O) groups excluding carboxylic acids is 1. The van der Waals surface area contributed by atoms with Crippen LogP contribution in [0, 0.1) is 0 Å². The van der Waals surface area contributed by atoms with E-state index in [1.54, 1.807) is 42.2 Å². The van der Waals surface area contributed by atoms with Gasteiger partial charge in [0.05, 0.1) is 17.0 Å². The smallest absolute Gasteiger partial charge is 0.297 e. The molecule has 6 nitrogen and oxygen atoms in total. The second-order valence-electron chi connectivity index (χ2n) is 6.53. The van der Waals surface area contributed by atoms with Gasteiger partial charge in [-0.25, -0.2) is 4.98 Å². The van der Waals surface area contributed by atoms with Crippen LogP contribution >= 0.6 is 11.3 Å². The van der Waals surface area contributed by atoms with Gasteiger partial charge in [-0.2, -0.15) is 0 Å². The molecule has 1 aliphatic rings. The summed E-state index contributed by atoms with van der Waals surface area (Å²) in [5, 5.41) is 2.82. The first-order valence-electron chi connectivity index (χ1n) is 8.91. The number of nitrogens with zero attached hydrogens (tertiary/aromatic N) is 3. The third-order valence-electron chi connectivity index (χ3n) is 4.99. The zero-order valence-electron chi connectivity index (χ0n) is 15.0. The van der Waals surface area contributed by atoms with E-state index < -0.39 is 6.04 Å². The fourth-order valence-corrected chi connectivity index (χ4v) is 4.30. The molecule has 0 radical (unpaired) electrons. The van der Waals surface area contributed by atoms with E-state index in [2.05, 4.69) is 9.97 Å². The van der Waals surface area contributed by atoms with E-state index in [0.29, 0.717) is 21.7 Å². The average molecular weight is 389 g/mol. The number of hydrogen-bond acceptors (Lipinski definition) is 6. The highest BCUT2D eigenvalue weighted by atomic mass is 32.1. The molecule has 1 aromatic carbocycles. The van der Waals surface area contributed by atoms with Crippen molar-refractivity contribution in [1.29, 1.82) is 0 Å². The Balaban J connectivity index is 1.83. The lowest BCUT2D eigenvalue weighted by atomic mass is 9.99. The largest absolute Gasteiger partial charge is 0.450 e. The van der Waals surface area contributed by atoms with E-state index in [1.807, 2.05) is 19.1 Å². The normalized spacial score (nSPS) is 16.0. The lowest BCUT2D eigenvalue weighted by Gasteiger charge is -2.22. The Morgan fingerprint density at radius 3 is 2.68 bits per heavy atom. The molecule has 0 spiro atoms. The average Bonchev–Trinajstić information content (AvgIpc) is 3.35. The quantitative estimate of drug-likeness (QED) is 0.530. The van der Waals surface area contributed by atoms with Gasteiger partial charge in [-0.3, -0.25) is 19.5 Å². The van der Waals surface area contributed by atoms with Crippen molar-refractivity contribution in [2.24, 2.45) is 0 Å². The number of hydrogen-bond donors (Lipinski definition) is 0. The zero-order chi connectivity index (χ0) is 19.3. The first-order chi connectivity index (χ1) is 13.7. The number of fused-ring (bicyclic) bond motifs is 2. The minimum absolute atomic E-state index is 0.0822. The molecule has 5 rings (SSSR count). The number of pyridine rings is 1. The second kappa shape index (κ2) is 6.38. The zero-order valence-corrected chi connectivity index (χ0v) is 15.8. The molecule has 28 heavy (non-hydrogen) atoms. The Bertz CT molecular complexity index is 1250. The van der Waals surface area contributed by atoms with Gasteiger partial charge in [-0.15, -0.1) is 11.3 Å². The predicted octanol–water partition coefficient (Wildman–Crippen LogP) is 3.96. The molecule has 0 saturated heterocycles. The van der Waals surface area contributed by atoms with Crippen LogP contribution in [0.25, 0.3) is 11.0 Å². The SMILES string of the molecule is CCc1ccc2oc3c(c(=O)c2c1)C(c1ccncc1)N(c1nccs1)C3=O. The maximum atomic E-state index is 13.5. The fourth-order valence-electron chi connectivity index (χ4n) is 3.63. The van der Waals surface area contributed by atoms with Crippen molar-refractivity contribution in [2.45, 2.75) is 19.4 Å². The first-order valence-corrected chi connectivity index (χ1v) is 9.79. The summed E-state index contributed by atoms with van der Waals surface area (Å²) in [6, 6.07) is 8.54. The highest BCUT2D eigenvalue weighted by Gasteiger charge is 2.44. The van der Waals surface area contributed by atoms with Crippen LogP contribution in [0.1, 0.15) is 40.2 Å². The van der Waals surface area contributed by atoms with E-state index in [9.17, 15) is 9.59 Å². The van der Waals surface area contributed by atoms with Gasteiger partial charge in [0, 0.05) is 24.0 Å². The summed E-state index contributed by atoms with van der Waals surface area (Å²) in [7, 11) is 0. The van der Waals surface area contributed by atoms with Gasteiger partial charge in [0.25, 0.3) is 5.91 Å². The molecule has 1 amide bonds. The molecule has 138 valence electrons. The Hall–Kier alpha value is -3.32. The summed E-state index contributed by atoms with van der Waals surface area (Å²) in [6.45, 7) is 2.03. The van der Waals surface area contributed by atoms with E-state index in [-0.39, 0.29) is 17.1 Å². The Morgan fingerprint density at radius 1 is 1.14 bits per heavy atom. The van der Waals surface area contributed by atoms with Crippen LogP contribution in [0.3, 0.4) is 0 Å². The van der Waals surface area contributed by atoms with E-state index in [0.717, 1.165) is 17.5 Å². The summed E-state index contributed by atoms with van der Waals surface area (Å²) in [5.41, 5.74) is 2.42. The summed E-state index contributed by atoms with van der Waals surface area (Å²) < 4.78 is 5.95. The molecule has 4 heterocycles. The molecule has 1 aliphatic heterocycles. The maximum Gasteiger partial charge on any atom is 0.297 e. The van der Waals surface area contributed by atoms with E-state index in [4.69, 9.17) is 4.42 Å². The molecular weight excluding hydrogens is 374 g/mol. The van der Waals surface area contributed by atoms with Crippen LogP contribution < -0.4 is 10.3 Å². The molecule has 1 unspecified atom stereocenters. The van der Waals surface area contributed by atoms with Crippen molar-refractivity contribution >= 4 is 33.3 Å². The van der Waals surface area contributed by atoms with E-state index >= 15 is 0 Å². The molecular formula is C21H15N3O3S. The van der Waals surface area contributed by atoms with Gasteiger partial charge in [0.1, 0.15) is 5.58 Å². The molecule has 4 aromatic rings. The van der Waals surface area contributed by atoms with Gasteiger partial charge in [0.15, 0.2) is 10.6 Å². The number of thiazole rings is 1. The van der Waals surface area contributed by atoms with Gasteiger partial charge in [-0.1, -0.05) is 13.0 Å². The fraction of sp³-hybridized carbons (Fsp3) is 0.143. The minimum atomic E-state index is -0.595. The lowest BCUT2D eigenvalue weighted by Crippen LogP contribution is -2.29. The Kier molecular flexibility index (Phi) is 3.84. The second-order valence-corrected chi connectivity index (χ2v) is 7.40. The number of rotatable bonds is 3. The van der Waals surface area contributed by atoms with Gasteiger partial charge >= 0.3 is 0 Å². The number of benzene rings is 1. The number of anilines is 1. The van der Waals surface area contributed by atoms with Crippen molar-refractivity contribution in [3.63, 3.8) is 0 Å².